The zero-order chi connectivity index (χ0) is 15.4. The van der Waals surface area contributed by atoms with Crippen LogP contribution >= 0.6 is 0 Å². The van der Waals surface area contributed by atoms with Crippen LogP contribution in [0.2, 0.25) is 0 Å². The van der Waals surface area contributed by atoms with E-state index in [1.165, 1.54) is 19.3 Å². The monoisotopic (exact) mass is 304 g/mol. The average Bonchev–Trinajstić information content (AvgIpc) is 3.06. The number of hydrogen-bond donors (Lipinski definition) is 0. The van der Waals surface area contributed by atoms with Crippen molar-refractivity contribution in [3.63, 3.8) is 0 Å². The number of piperidine rings is 1. The molecule has 0 radical (unpaired) electrons. The maximum absolute atomic E-state index is 12.8. The van der Waals surface area contributed by atoms with Gasteiger partial charge < -0.3 is 9.42 Å². The molecule has 0 unspecified atom stereocenters. The number of aromatic nitrogens is 1. The first-order valence-corrected chi connectivity index (χ1v) is 8.16. The second-order valence-corrected chi connectivity index (χ2v) is 6.29. The van der Waals surface area contributed by atoms with E-state index in [0.29, 0.717) is 11.1 Å². The molecule has 0 spiro atoms. The Balaban J connectivity index is 1.78. The van der Waals surface area contributed by atoms with Crippen molar-refractivity contribution in [3.05, 3.63) is 47.5 Å². The maximum atomic E-state index is 12.8. The van der Waals surface area contributed by atoms with Gasteiger partial charge in [-0.25, -0.2) is 0 Å². The van der Waals surface area contributed by atoms with Gasteiger partial charge in [-0.15, -0.1) is 0 Å². The summed E-state index contributed by atoms with van der Waals surface area (Å²) < 4.78 is 5.67. The molecule has 114 valence electrons. The molecule has 2 heterocycles. The highest BCUT2D eigenvalue weighted by Gasteiger charge is 2.30. The minimum absolute atomic E-state index is 0.0616. The molecule has 4 nitrogen and oxygen atoms in total. The molecule has 1 aromatic heterocycles. The van der Waals surface area contributed by atoms with Crippen molar-refractivity contribution in [2.45, 2.75) is 19.3 Å². The van der Waals surface area contributed by atoms with Crippen LogP contribution in [-0.2, 0) is 0 Å². The highest BCUT2D eigenvalue weighted by atomic mass is 16.5. The summed E-state index contributed by atoms with van der Waals surface area (Å²) in [6.07, 6.45) is 3.69. The summed E-state index contributed by atoms with van der Waals surface area (Å²) in [6, 6.07) is 11.6. The predicted molar refractivity (Wildman–Crippen MR) is 88.9 cm³/mol. The Bertz CT molecular complexity index is 936. The third-order valence-corrected chi connectivity index (χ3v) is 4.97. The van der Waals surface area contributed by atoms with E-state index in [0.717, 1.165) is 41.0 Å². The molecule has 2 aromatic carbocycles. The van der Waals surface area contributed by atoms with Crippen molar-refractivity contribution in [2.75, 3.05) is 18.0 Å². The lowest BCUT2D eigenvalue weighted by Crippen LogP contribution is -2.29. The van der Waals surface area contributed by atoms with Crippen molar-refractivity contribution < 1.29 is 9.32 Å². The second kappa shape index (κ2) is 4.69. The Morgan fingerprint density at radius 1 is 0.913 bits per heavy atom. The fourth-order valence-corrected chi connectivity index (χ4v) is 3.83. The maximum Gasteiger partial charge on any atom is 0.194 e. The quantitative estimate of drug-likeness (QED) is 0.532. The normalized spacial score (nSPS) is 16.7. The van der Waals surface area contributed by atoms with Crippen LogP contribution < -0.4 is 4.90 Å². The van der Waals surface area contributed by atoms with Crippen LogP contribution in [0, 0.1) is 0 Å². The topological polar surface area (TPSA) is 46.3 Å². The van der Waals surface area contributed by atoms with Crippen LogP contribution in [0.4, 0.5) is 5.69 Å². The number of benzene rings is 2. The van der Waals surface area contributed by atoms with Gasteiger partial charge in [-0.1, -0.05) is 29.4 Å². The molecule has 0 saturated carbocycles. The molecule has 5 rings (SSSR count). The number of nitrogens with zero attached hydrogens (tertiary/aromatic N) is 2. The molecule has 1 aliphatic carbocycles. The fraction of sp³-hybridized carbons (Fsp3) is 0.263. The first kappa shape index (κ1) is 12.9. The lowest BCUT2D eigenvalue weighted by atomic mass is 9.87. The molecule has 0 N–H and O–H groups in total. The van der Waals surface area contributed by atoms with Crippen LogP contribution in [0.5, 0.6) is 0 Å². The summed E-state index contributed by atoms with van der Waals surface area (Å²) >= 11 is 0. The second-order valence-electron chi connectivity index (χ2n) is 6.29. The first-order chi connectivity index (χ1) is 11.3. The van der Waals surface area contributed by atoms with Gasteiger partial charge in [0.25, 0.3) is 0 Å². The van der Waals surface area contributed by atoms with Crippen molar-refractivity contribution >= 4 is 22.4 Å². The van der Waals surface area contributed by atoms with Crippen LogP contribution in [-0.4, -0.2) is 24.0 Å². The first-order valence-electron chi connectivity index (χ1n) is 8.16. The van der Waals surface area contributed by atoms with Gasteiger partial charge in [-0.3, -0.25) is 4.79 Å². The van der Waals surface area contributed by atoms with E-state index in [4.69, 9.17) is 4.52 Å². The van der Waals surface area contributed by atoms with Gasteiger partial charge in [0.15, 0.2) is 11.5 Å². The number of anilines is 1. The fourth-order valence-electron chi connectivity index (χ4n) is 3.83. The molecule has 1 fully saturated rings. The van der Waals surface area contributed by atoms with Crippen LogP contribution in [0.1, 0.15) is 35.2 Å². The Morgan fingerprint density at radius 2 is 1.70 bits per heavy atom. The van der Waals surface area contributed by atoms with E-state index in [1.54, 1.807) is 0 Å². The molecule has 1 aliphatic heterocycles. The van der Waals surface area contributed by atoms with E-state index < -0.39 is 0 Å². The standard InChI is InChI=1S/C19H16N2O2/c22-18-12-6-2-3-7-13(12)19-16-14(18)8-9-15(17(16)20-23-19)21-10-4-1-5-11-21/h2-3,6-9H,1,4-5,10-11H2. The van der Waals surface area contributed by atoms with E-state index in [1.807, 2.05) is 36.4 Å². The van der Waals surface area contributed by atoms with E-state index in [2.05, 4.69) is 10.1 Å². The van der Waals surface area contributed by atoms with E-state index in [-0.39, 0.29) is 5.78 Å². The van der Waals surface area contributed by atoms with Crippen LogP contribution in [0.25, 0.3) is 22.2 Å². The molecular formula is C19H16N2O2. The molecule has 3 aromatic rings. The number of carbonyl (C=O) groups is 1. The number of rotatable bonds is 1. The highest BCUT2D eigenvalue weighted by Crippen LogP contribution is 2.42. The summed E-state index contributed by atoms with van der Waals surface area (Å²) in [5.41, 5.74) is 4.16. The van der Waals surface area contributed by atoms with Gasteiger partial charge in [-0.05, 0) is 31.4 Å². The van der Waals surface area contributed by atoms with Gasteiger partial charge in [0.05, 0.1) is 11.1 Å². The molecule has 0 atom stereocenters. The highest BCUT2D eigenvalue weighted by molar-refractivity contribution is 6.25. The van der Waals surface area contributed by atoms with Gasteiger partial charge in [0.1, 0.15) is 5.52 Å². The SMILES string of the molecule is O=C1c2ccccc2-c2onc3c(N4CCCCC4)ccc1c23. The largest absolute Gasteiger partial charge is 0.370 e. The minimum atomic E-state index is 0.0616. The van der Waals surface area contributed by atoms with E-state index in [9.17, 15) is 4.79 Å². The molecule has 0 amide bonds. The van der Waals surface area contributed by atoms with Crippen molar-refractivity contribution in [1.29, 1.82) is 0 Å². The van der Waals surface area contributed by atoms with Gasteiger partial charge in [0.2, 0.25) is 0 Å². The average molecular weight is 304 g/mol. The minimum Gasteiger partial charge on any atom is -0.370 e. The van der Waals surface area contributed by atoms with Gasteiger partial charge in [-0.2, -0.15) is 0 Å². The van der Waals surface area contributed by atoms with Crippen LogP contribution in [0.15, 0.2) is 40.9 Å². The third-order valence-electron chi connectivity index (χ3n) is 4.97. The van der Waals surface area contributed by atoms with Crippen molar-refractivity contribution in [2.24, 2.45) is 0 Å². The number of ketones is 1. The summed E-state index contributed by atoms with van der Waals surface area (Å²) in [5, 5.41) is 5.20. The third kappa shape index (κ3) is 1.72. The Kier molecular flexibility index (Phi) is 2.62. The summed E-state index contributed by atoms with van der Waals surface area (Å²) in [7, 11) is 0. The number of hydrogen-bond acceptors (Lipinski definition) is 4. The van der Waals surface area contributed by atoms with Gasteiger partial charge in [0, 0.05) is 29.8 Å². The molecule has 4 heteroatoms. The number of carbonyl (C=O) groups excluding carboxylic acids is 1. The molecular weight excluding hydrogens is 288 g/mol. The Hall–Kier alpha value is -2.62. The van der Waals surface area contributed by atoms with Crippen molar-refractivity contribution in [1.82, 2.24) is 5.16 Å². The Labute approximate surface area is 133 Å². The van der Waals surface area contributed by atoms with Crippen LogP contribution in [0.3, 0.4) is 0 Å². The Morgan fingerprint density at radius 3 is 2.52 bits per heavy atom. The summed E-state index contributed by atoms with van der Waals surface area (Å²) in [6.45, 7) is 2.09. The lowest BCUT2D eigenvalue weighted by molar-refractivity contribution is 0.104. The number of fused-ring (bicyclic) bond motifs is 2. The molecule has 23 heavy (non-hydrogen) atoms. The smallest absolute Gasteiger partial charge is 0.194 e. The van der Waals surface area contributed by atoms with Crippen molar-refractivity contribution in [3.8, 4) is 11.3 Å². The summed E-state index contributed by atoms with van der Waals surface area (Å²) in [5.74, 6) is 0.788. The lowest BCUT2D eigenvalue weighted by Gasteiger charge is -2.29. The van der Waals surface area contributed by atoms with Gasteiger partial charge >= 0.3 is 0 Å². The molecule has 1 saturated heterocycles. The zero-order valence-corrected chi connectivity index (χ0v) is 12.7. The molecule has 0 bridgehead atoms. The summed E-state index contributed by atoms with van der Waals surface area (Å²) in [4.78, 5) is 15.2. The molecule has 2 aliphatic rings. The zero-order valence-electron chi connectivity index (χ0n) is 12.7. The van der Waals surface area contributed by atoms with E-state index >= 15 is 0 Å². The predicted octanol–water partition coefficient (Wildman–Crippen LogP) is 4.03.